The summed E-state index contributed by atoms with van der Waals surface area (Å²) in [6.07, 6.45) is 9.91. The van der Waals surface area contributed by atoms with Crippen LogP contribution in [0.4, 0.5) is 14.6 Å². The first-order chi connectivity index (χ1) is 13.4. The van der Waals surface area contributed by atoms with Gasteiger partial charge in [-0.25, -0.2) is 18.7 Å². The van der Waals surface area contributed by atoms with E-state index in [1.165, 1.54) is 12.4 Å². The van der Waals surface area contributed by atoms with Crippen LogP contribution in [-0.4, -0.2) is 27.5 Å². The average Bonchev–Trinajstić information content (AvgIpc) is 2.63. The number of aryl methyl sites for hydroxylation is 1. The summed E-state index contributed by atoms with van der Waals surface area (Å²) in [5.41, 5.74) is 1.33. The Morgan fingerprint density at radius 3 is 2.57 bits per heavy atom. The van der Waals surface area contributed by atoms with E-state index < -0.39 is 23.1 Å². The third kappa shape index (κ3) is 4.98. The number of amides is 1. The fourth-order valence-corrected chi connectivity index (χ4v) is 2.31. The van der Waals surface area contributed by atoms with Gasteiger partial charge in [0.2, 0.25) is 5.88 Å². The van der Waals surface area contributed by atoms with E-state index in [0.29, 0.717) is 24.3 Å². The van der Waals surface area contributed by atoms with Crippen LogP contribution >= 0.6 is 0 Å². The molecular weight excluding hydrogens is 366 g/mol. The van der Waals surface area contributed by atoms with E-state index >= 15 is 0 Å². The molecule has 2 rings (SSSR count). The van der Waals surface area contributed by atoms with Crippen molar-refractivity contribution in [2.75, 3.05) is 11.9 Å². The highest BCUT2D eigenvalue weighted by molar-refractivity contribution is 6.06. The molecule has 0 saturated carbocycles. The van der Waals surface area contributed by atoms with Crippen LogP contribution in [0.25, 0.3) is 11.3 Å². The van der Waals surface area contributed by atoms with Gasteiger partial charge < -0.3 is 10.1 Å². The van der Waals surface area contributed by atoms with Crippen LogP contribution in [0.3, 0.4) is 0 Å². The number of ether oxygens (including phenoxy) is 1. The monoisotopic (exact) mass is 384 g/mol. The number of pyridine rings is 1. The fourth-order valence-electron chi connectivity index (χ4n) is 2.31. The summed E-state index contributed by atoms with van der Waals surface area (Å²) in [4.78, 5) is 24.6. The third-order valence-electron chi connectivity index (χ3n) is 3.57. The Bertz CT molecular complexity index is 973. The van der Waals surface area contributed by atoms with Crippen LogP contribution < -0.4 is 10.1 Å². The first-order valence-corrected chi connectivity index (χ1v) is 8.29. The van der Waals surface area contributed by atoms with E-state index in [4.69, 9.17) is 11.2 Å². The lowest BCUT2D eigenvalue weighted by Crippen LogP contribution is -2.17. The van der Waals surface area contributed by atoms with Crippen LogP contribution in [0, 0.1) is 19.3 Å². The van der Waals surface area contributed by atoms with Crippen LogP contribution in [0.15, 0.2) is 48.0 Å². The molecule has 0 fully saturated rings. The van der Waals surface area contributed by atoms with E-state index in [1.54, 1.807) is 12.3 Å². The van der Waals surface area contributed by atoms with Crippen LogP contribution in [-0.2, 0) is 4.79 Å². The number of terminal acetylenes is 1. The van der Waals surface area contributed by atoms with E-state index in [0.717, 1.165) is 18.1 Å². The maximum atomic E-state index is 13.8. The molecule has 28 heavy (non-hydrogen) atoms. The third-order valence-corrected chi connectivity index (χ3v) is 3.57. The SMILES string of the molecule is C#C/C=C(F)\C(C(=O)Nc1cnc(-c2cnc(OCC)cc2C)cn1)=C(/C)F. The van der Waals surface area contributed by atoms with E-state index in [1.807, 2.05) is 19.8 Å². The summed E-state index contributed by atoms with van der Waals surface area (Å²) >= 11 is 0. The zero-order valence-electron chi connectivity index (χ0n) is 15.6. The number of carbonyl (C=O) groups is 1. The fraction of sp³-hybridized carbons (Fsp3) is 0.200. The molecule has 2 aromatic heterocycles. The minimum Gasteiger partial charge on any atom is -0.478 e. The molecule has 8 heteroatoms. The molecule has 0 atom stereocenters. The summed E-state index contributed by atoms with van der Waals surface area (Å²) in [5, 5.41) is 2.29. The minimum atomic E-state index is -1.15. The van der Waals surface area contributed by atoms with Crippen molar-refractivity contribution in [2.24, 2.45) is 0 Å². The Morgan fingerprint density at radius 2 is 2.04 bits per heavy atom. The first-order valence-electron chi connectivity index (χ1n) is 8.29. The Morgan fingerprint density at radius 1 is 1.29 bits per heavy atom. The molecule has 1 N–H and O–H groups in total. The standard InChI is InChI=1S/C20H18F2N4O2/c1-5-7-15(22)19(13(4)21)20(27)26-17-11-23-16(10-24-17)14-9-25-18(28-6-2)8-12(14)3/h1,7-11H,6H2,2-4H3,(H,24,26,27)/b15-7+,19-13-. The molecule has 0 aliphatic carbocycles. The lowest BCUT2D eigenvalue weighted by atomic mass is 10.1. The van der Waals surface area contributed by atoms with E-state index in [-0.39, 0.29) is 5.82 Å². The number of carbonyl (C=O) groups excluding carboxylic acids is 1. The van der Waals surface area contributed by atoms with Crippen molar-refractivity contribution in [3.05, 3.63) is 53.5 Å². The number of nitrogens with one attached hydrogen (secondary N) is 1. The molecule has 0 radical (unpaired) electrons. The summed E-state index contributed by atoms with van der Waals surface area (Å²) in [7, 11) is 0. The lowest BCUT2D eigenvalue weighted by Gasteiger charge is -2.09. The number of anilines is 1. The van der Waals surface area contributed by atoms with Gasteiger partial charge in [-0.1, -0.05) is 5.92 Å². The maximum absolute atomic E-state index is 13.8. The second kappa shape index (κ2) is 9.37. The van der Waals surface area contributed by atoms with Crippen molar-refractivity contribution in [3.8, 4) is 29.5 Å². The minimum absolute atomic E-state index is 0.0255. The topological polar surface area (TPSA) is 77.0 Å². The zero-order valence-corrected chi connectivity index (χ0v) is 15.6. The molecule has 0 spiro atoms. The molecule has 144 valence electrons. The Labute approximate surface area is 161 Å². The van der Waals surface area contributed by atoms with Crippen molar-refractivity contribution < 1.29 is 18.3 Å². The number of hydrogen-bond acceptors (Lipinski definition) is 5. The Balaban J connectivity index is 2.21. The summed E-state index contributed by atoms with van der Waals surface area (Å²) in [6.45, 7) is 5.20. The van der Waals surface area contributed by atoms with Gasteiger partial charge in [0.05, 0.1) is 24.7 Å². The van der Waals surface area contributed by atoms with Gasteiger partial charge in [0.15, 0.2) is 5.82 Å². The number of hydrogen-bond donors (Lipinski definition) is 1. The molecule has 0 unspecified atom stereocenters. The molecule has 0 bridgehead atoms. The molecule has 0 aromatic carbocycles. The van der Waals surface area contributed by atoms with Gasteiger partial charge >= 0.3 is 0 Å². The predicted octanol–water partition coefficient (Wildman–Crippen LogP) is 3.91. The molecule has 0 aliphatic heterocycles. The first kappa shape index (κ1) is 20.7. The summed E-state index contributed by atoms with van der Waals surface area (Å²) < 4.78 is 32.7. The zero-order chi connectivity index (χ0) is 20.7. The van der Waals surface area contributed by atoms with Gasteiger partial charge in [-0.15, -0.1) is 6.42 Å². The Kier molecular flexibility index (Phi) is 6.93. The molecule has 2 heterocycles. The van der Waals surface area contributed by atoms with Crippen LogP contribution in [0.1, 0.15) is 19.4 Å². The predicted molar refractivity (Wildman–Crippen MR) is 102 cm³/mol. The molecule has 0 saturated heterocycles. The van der Waals surface area contributed by atoms with Crippen LogP contribution in [0.5, 0.6) is 5.88 Å². The van der Waals surface area contributed by atoms with Crippen molar-refractivity contribution >= 4 is 11.7 Å². The highest BCUT2D eigenvalue weighted by Crippen LogP contribution is 2.24. The molecular formula is C20H18F2N4O2. The summed E-state index contributed by atoms with van der Waals surface area (Å²) in [6, 6.07) is 1.78. The largest absolute Gasteiger partial charge is 0.478 e. The van der Waals surface area contributed by atoms with Gasteiger partial charge in [0, 0.05) is 23.9 Å². The summed E-state index contributed by atoms with van der Waals surface area (Å²) in [5.74, 6) is -0.755. The second-order valence-corrected chi connectivity index (χ2v) is 5.58. The molecule has 1 amide bonds. The number of aromatic nitrogens is 3. The number of allylic oxidation sites excluding steroid dienone is 2. The van der Waals surface area contributed by atoms with E-state index in [9.17, 15) is 13.6 Å². The van der Waals surface area contributed by atoms with Gasteiger partial charge in [-0.2, -0.15) is 0 Å². The molecule has 0 aliphatic rings. The van der Waals surface area contributed by atoms with E-state index in [2.05, 4.69) is 20.3 Å². The molecule has 6 nitrogen and oxygen atoms in total. The average molecular weight is 384 g/mol. The number of rotatable bonds is 6. The van der Waals surface area contributed by atoms with Gasteiger partial charge in [-0.3, -0.25) is 9.78 Å². The second-order valence-electron chi connectivity index (χ2n) is 5.58. The Hall–Kier alpha value is -3.60. The normalized spacial score (nSPS) is 12.1. The molecule has 2 aromatic rings. The lowest BCUT2D eigenvalue weighted by molar-refractivity contribution is -0.112. The van der Waals surface area contributed by atoms with Crippen molar-refractivity contribution in [1.82, 2.24) is 15.0 Å². The van der Waals surface area contributed by atoms with Gasteiger partial charge in [0.25, 0.3) is 5.91 Å². The number of nitrogens with zero attached hydrogens (tertiary/aromatic N) is 3. The highest BCUT2D eigenvalue weighted by atomic mass is 19.1. The van der Waals surface area contributed by atoms with Crippen molar-refractivity contribution in [2.45, 2.75) is 20.8 Å². The highest BCUT2D eigenvalue weighted by Gasteiger charge is 2.19. The van der Waals surface area contributed by atoms with Gasteiger partial charge in [0.1, 0.15) is 17.2 Å². The van der Waals surface area contributed by atoms with Crippen molar-refractivity contribution in [3.63, 3.8) is 0 Å². The number of halogens is 2. The van der Waals surface area contributed by atoms with Crippen molar-refractivity contribution in [1.29, 1.82) is 0 Å². The van der Waals surface area contributed by atoms with Crippen LogP contribution in [0.2, 0.25) is 0 Å². The van der Waals surface area contributed by atoms with Gasteiger partial charge in [-0.05, 0) is 26.3 Å². The smallest absolute Gasteiger partial charge is 0.262 e. The maximum Gasteiger partial charge on any atom is 0.262 e. The quantitative estimate of drug-likeness (QED) is 0.464.